The van der Waals surface area contributed by atoms with Gasteiger partial charge in [-0.3, -0.25) is 9.78 Å². The highest BCUT2D eigenvalue weighted by atomic mass is 19.1. The van der Waals surface area contributed by atoms with E-state index >= 15 is 0 Å². The van der Waals surface area contributed by atoms with Crippen LogP contribution in [0.2, 0.25) is 0 Å². The van der Waals surface area contributed by atoms with Crippen LogP contribution in [0.1, 0.15) is 52.5 Å². The molecular formula is C23H22FNO. The van der Waals surface area contributed by atoms with Crippen LogP contribution in [0.5, 0.6) is 0 Å². The standard InChI is InChI=1S/C23H22FNO/c1-16(2)19-11-10-18(13-21(19)24)14-22-20(9-6-12-25-22)23(26)15-17-7-4-3-5-8-17/h3-13,16H,14-15H2,1-2H3. The van der Waals surface area contributed by atoms with E-state index in [1.807, 2.05) is 56.3 Å². The van der Waals surface area contributed by atoms with Crippen molar-refractivity contribution >= 4 is 5.78 Å². The van der Waals surface area contributed by atoms with E-state index in [1.165, 1.54) is 0 Å². The minimum absolute atomic E-state index is 0.0265. The minimum Gasteiger partial charge on any atom is -0.294 e. The molecule has 0 saturated heterocycles. The number of rotatable bonds is 6. The van der Waals surface area contributed by atoms with Crippen molar-refractivity contribution in [3.05, 3.63) is 101 Å². The Balaban J connectivity index is 1.83. The van der Waals surface area contributed by atoms with Crippen LogP contribution in [0.3, 0.4) is 0 Å². The minimum atomic E-state index is -0.203. The van der Waals surface area contributed by atoms with Gasteiger partial charge < -0.3 is 0 Å². The maximum atomic E-state index is 14.3. The van der Waals surface area contributed by atoms with E-state index in [1.54, 1.807) is 24.4 Å². The molecule has 0 unspecified atom stereocenters. The summed E-state index contributed by atoms with van der Waals surface area (Å²) in [7, 11) is 0. The van der Waals surface area contributed by atoms with Gasteiger partial charge in [0, 0.05) is 24.6 Å². The first-order chi connectivity index (χ1) is 12.5. The second-order valence-electron chi connectivity index (χ2n) is 6.77. The summed E-state index contributed by atoms with van der Waals surface area (Å²) >= 11 is 0. The maximum Gasteiger partial charge on any atom is 0.169 e. The highest BCUT2D eigenvalue weighted by Crippen LogP contribution is 2.21. The average molecular weight is 347 g/mol. The number of carbonyl (C=O) groups excluding carboxylic acids is 1. The number of halogens is 1. The van der Waals surface area contributed by atoms with Gasteiger partial charge in [-0.1, -0.05) is 56.3 Å². The SMILES string of the molecule is CC(C)c1ccc(Cc2ncccc2C(=O)Cc2ccccc2)cc1F. The summed E-state index contributed by atoms with van der Waals surface area (Å²) in [6.07, 6.45) is 2.44. The topological polar surface area (TPSA) is 30.0 Å². The van der Waals surface area contributed by atoms with Crippen LogP contribution in [-0.2, 0) is 12.8 Å². The monoisotopic (exact) mass is 347 g/mol. The van der Waals surface area contributed by atoms with Gasteiger partial charge in [0.25, 0.3) is 0 Å². The van der Waals surface area contributed by atoms with Crippen LogP contribution in [0.15, 0.2) is 66.9 Å². The van der Waals surface area contributed by atoms with E-state index in [9.17, 15) is 9.18 Å². The van der Waals surface area contributed by atoms with E-state index in [-0.39, 0.29) is 17.5 Å². The first kappa shape index (κ1) is 18.0. The molecule has 0 N–H and O–H groups in total. The summed E-state index contributed by atoms with van der Waals surface area (Å²) in [5, 5.41) is 0. The number of nitrogens with zero attached hydrogens (tertiary/aromatic N) is 1. The second kappa shape index (κ2) is 8.05. The van der Waals surface area contributed by atoms with Crippen LogP contribution in [0, 0.1) is 5.82 Å². The molecule has 26 heavy (non-hydrogen) atoms. The van der Waals surface area contributed by atoms with Crippen LogP contribution < -0.4 is 0 Å². The molecule has 3 aromatic rings. The Kier molecular flexibility index (Phi) is 5.57. The molecule has 2 nitrogen and oxygen atoms in total. The van der Waals surface area contributed by atoms with Crippen molar-refractivity contribution in [1.82, 2.24) is 4.98 Å². The fourth-order valence-electron chi connectivity index (χ4n) is 3.05. The molecule has 3 rings (SSSR count). The van der Waals surface area contributed by atoms with Gasteiger partial charge in [-0.2, -0.15) is 0 Å². The lowest BCUT2D eigenvalue weighted by Gasteiger charge is -2.11. The highest BCUT2D eigenvalue weighted by Gasteiger charge is 2.14. The number of hydrogen-bond acceptors (Lipinski definition) is 2. The van der Waals surface area contributed by atoms with Gasteiger partial charge in [0.15, 0.2) is 5.78 Å². The van der Waals surface area contributed by atoms with Gasteiger partial charge in [-0.25, -0.2) is 4.39 Å². The second-order valence-corrected chi connectivity index (χ2v) is 6.77. The first-order valence-corrected chi connectivity index (χ1v) is 8.84. The quantitative estimate of drug-likeness (QED) is 0.562. The van der Waals surface area contributed by atoms with Crippen molar-refractivity contribution in [2.75, 3.05) is 0 Å². The summed E-state index contributed by atoms with van der Waals surface area (Å²) in [5.41, 5.74) is 3.78. The van der Waals surface area contributed by atoms with Gasteiger partial charge in [0.1, 0.15) is 5.82 Å². The van der Waals surface area contributed by atoms with Gasteiger partial charge >= 0.3 is 0 Å². The third-order valence-corrected chi connectivity index (χ3v) is 4.46. The molecule has 0 amide bonds. The zero-order valence-corrected chi connectivity index (χ0v) is 15.1. The lowest BCUT2D eigenvalue weighted by Crippen LogP contribution is -2.09. The van der Waals surface area contributed by atoms with Gasteiger partial charge in [0.05, 0.1) is 5.69 Å². The Morgan fingerprint density at radius 2 is 1.77 bits per heavy atom. The van der Waals surface area contributed by atoms with Crippen LogP contribution in [0.25, 0.3) is 0 Å². The molecule has 0 atom stereocenters. The Hall–Kier alpha value is -2.81. The van der Waals surface area contributed by atoms with Crippen molar-refractivity contribution in [3.63, 3.8) is 0 Å². The summed E-state index contributed by atoms with van der Waals surface area (Å²) in [4.78, 5) is 17.1. The predicted octanol–water partition coefficient (Wildman–Crippen LogP) is 5.36. The zero-order valence-electron chi connectivity index (χ0n) is 15.1. The Morgan fingerprint density at radius 3 is 2.46 bits per heavy atom. The third kappa shape index (κ3) is 4.23. The summed E-state index contributed by atoms with van der Waals surface area (Å²) in [6.45, 7) is 3.94. The molecule has 0 radical (unpaired) electrons. The van der Waals surface area contributed by atoms with E-state index < -0.39 is 0 Å². The van der Waals surface area contributed by atoms with Crippen molar-refractivity contribution in [3.8, 4) is 0 Å². The van der Waals surface area contributed by atoms with Gasteiger partial charge in [0.2, 0.25) is 0 Å². The largest absolute Gasteiger partial charge is 0.294 e. The molecule has 0 bridgehead atoms. The third-order valence-electron chi connectivity index (χ3n) is 4.46. The molecular weight excluding hydrogens is 325 g/mol. The van der Waals surface area contributed by atoms with Gasteiger partial charge in [-0.05, 0) is 40.8 Å². The molecule has 0 aliphatic heterocycles. The molecule has 0 aliphatic carbocycles. The number of benzene rings is 2. The van der Waals surface area contributed by atoms with E-state index in [0.717, 1.165) is 11.1 Å². The Morgan fingerprint density at radius 1 is 1.00 bits per heavy atom. The average Bonchev–Trinajstić information content (AvgIpc) is 2.62. The molecule has 132 valence electrons. The molecule has 0 spiro atoms. The van der Waals surface area contributed by atoms with E-state index in [2.05, 4.69) is 4.98 Å². The molecule has 0 fully saturated rings. The zero-order chi connectivity index (χ0) is 18.5. The fourth-order valence-corrected chi connectivity index (χ4v) is 3.05. The molecule has 1 heterocycles. The van der Waals surface area contributed by atoms with Crippen molar-refractivity contribution < 1.29 is 9.18 Å². The molecule has 1 aromatic heterocycles. The number of ketones is 1. The molecule has 0 aliphatic rings. The molecule has 2 aromatic carbocycles. The Bertz CT molecular complexity index is 903. The first-order valence-electron chi connectivity index (χ1n) is 8.84. The Labute approximate surface area is 153 Å². The van der Waals surface area contributed by atoms with Crippen LogP contribution in [0.4, 0.5) is 4.39 Å². The predicted molar refractivity (Wildman–Crippen MR) is 102 cm³/mol. The maximum absolute atomic E-state index is 14.3. The van der Waals surface area contributed by atoms with Crippen molar-refractivity contribution in [2.24, 2.45) is 0 Å². The highest BCUT2D eigenvalue weighted by molar-refractivity contribution is 5.98. The van der Waals surface area contributed by atoms with E-state index in [4.69, 9.17) is 0 Å². The molecule has 3 heteroatoms. The smallest absolute Gasteiger partial charge is 0.169 e. The lowest BCUT2D eigenvalue weighted by molar-refractivity contribution is 0.0992. The number of aromatic nitrogens is 1. The number of pyridine rings is 1. The number of hydrogen-bond donors (Lipinski definition) is 0. The number of Topliss-reactive ketones (excluding diaryl/α,β-unsaturated/α-hetero) is 1. The summed E-state index contributed by atoms with van der Waals surface area (Å²) < 4.78 is 14.3. The normalized spacial score (nSPS) is 10.9. The van der Waals surface area contributed by atoms with Crippen molar-refractivity contribution in [1.29, 1.82) is 0 Å². The van der Waals surface area contributed by atoms with E-state index in [0.29, 0.717) is 29.7 Å². The van der Waals surface area contributed by atoms with Crippen LogP contribution >= 0.6 is 0 Å². The van der Waals surface area contributed by atoms with Crippen molar-refractivity contribution in [2.45, 2.75) is 32.6 Å². The fraction of sp³-hybridized carbons (Fsp3) is 0.217. The number of carbonyl (C=O) groups is 1. The lowest BCUT2D eigenvalue weighted by atomic mass is 9.96. The van der Waals surface area contributed by atoms with Crippen LogP contribution in [-0.4, -0.2) is 10.8 Å². The molecule has 0 saturated carbocycles. The summed E-state index contributed by atoms with van der Waals surface area (Å²) in [6, 6.07) is 18.5. The summed E-state index contributed by atoms with van der Waals surface area (Å²) in [5.74, 6) is -0.0360. The van der Waals surface area contributed by atoms with Gasteiger partial charge in [-0.15, -0.1) is 0 Å².